The lowest BCUT2D eigenvalue weighted by molar-refractivity contribution is -0.688. The summed E-state index contributed by atoms with van der Waals surface area (Å²) < 4.78 is 31.2. The highest BCUT2D eigenvalue weighted by Crippen LogP contribution is 2.20. The first kappa shape index (κ1) is 16.0. The first-order valence-electron chi connectivity index (χ1n) is 6.95. The van der Waals surface area contributed by atoms with Gasteiger partial charge in [-0.1, -0.05) is 35.3 Å². The molecule has 1 heterocycles. The lowest BCUT2D eigenvalue weighted by atomic mass is 10.2. The normalized spacial score (nSPS) is 11.0. The number of hydrogen-bond acceptors (Lipinski definition) is 0. The predicted molar refractivity (Wildman–Crippen MR) is 85.7 cm³/mol. The number of nitrogens with zero attached hydrogens (tertiary/aromatic N) is 2. The van der Waals surface area contributed by atoms with Gasteiger partial charge in [-0.15, -0.1) is 0 Å². The topological polar surface area (TPSA) is 8.81 Å². The van der Waals surface area contributed by atoms with E-state index in [0.717, 1.165) is 0 Å². The Balaban J connectivity index is 1.81. The molecule has 0 amide bonds. The predicted octanol–water partition coefficient (Wildman–Crippen LogP) is 4.46. The van der Waals surface area contributed by atoms with Gasteiger partial charge in [-0.25, -0.2) is 17.9 Å². The Labute approximate surface area is 142 Å². The molecule has 6 heteroatoms. The van der Waals surface area contributed by atoms with Crippen LogP contribution in [0.3, 0.4) is 0 Å². The number of hydrogen-bond donors (Lipinski definition) is 0. The van der Waals surface area contributed by atoms with Crippen LogP contribution in [0.2, 0.25) is 10.0 Å². The van der Waals surface area contributed by atoms with E-state index in [0.29, 0.717) is 34.3 Å². The second kappa shape index (κ2) is 6.69. The van der Waals surface area contributed by atoms with Crippen LogP contribution in [-0.2, 0) is 13.1 Å². The Morgan fingerprint density at radius 3 is 2.13 bits per heavy atom. The summed E-state index contributed by atoms with van der Waals surface area (Å²) in [5.41, 5.74) is 0.835. The van der Waals surface area contributed by atoms with Gasteiger partial charge in [0.05, 0.1) is 10.0 Å². The van der Waals surface area contributed by atoms with Crippen molar-refractivity contribution in [3.63, 3.8) is 0 Å². The molecule has 0 bridgehead atoms. The zero-order valence-corrected chi connectivity index (χ0v) is 13.5. The van der Waals surface area contributed by atoms with Gasteiger partial charge in [-0.05, 0) is 24.3 Å². The smallest absolute Gasteiger partial charge is 0.232 e. The number of benzene rings is 2. The molecule has 0 fully saturated rings. The molecule has 0 saturated heterocycles. The SMILES string of the molecule is Fc1cccc(Cl)c1Cn1cc[n+](Cc2c(F)cccc2Cl)c1. The molecule has 2 nitrogen and oxygen atoms in total. The van der Waals surface area contributed by atoms with E-state index in [1.165, 1.54) is 12.1 Å². The summed E-state index contributed by atoms with van der Waals surface area (Å²) in [6.45, 7) is 0.590. The van der Waals surface area contributed by atoms with Gasteiger partial charge in [0, 0.05) is 11.1 Å². The van der Waals surface area contributed by atoms with Gasteiger partial charge in [-0.2, -0.15) is 0 Å². The molecule has 0 aliphatic heterocycles. The van der Waals surface area contributed by atoms with Crippen molar-refractivity contribution in [2.75, 3.05) is 0 Å². The standard InChI is InChI=1S/C17H13Cl2F2N2/c18-14-3-1-5-16(20)12(14)9-22-7-8-23(11-22)10-13-15(19)4-2-6-17(13)21/h1-8,11H,9-10H2/q+1. The van der Waals surface area contributed by atoms with Crippen molar-refractivity contribution in [1.82, 2.24) is 4.57 Å². The van der Waals surface area contributed by atoms with Crippen molar-refractivity contribution in [3.05, 3.63) is 87.9 Å². The lowest BCUT2D eigenvalue weighted by Crippen LogP contribution is -2.32. The Morgan fingerprint density at radius 1 is 0.913 bits per heavy atom. The Hall–Kier alpha value is -1.91. The highest BCUT2D eigenvalue weighted by molar-refractivity contribution is 6.31. The maximum absolute atomic E-state index is 13.8. The number of rotatable bonds is 4. The molecule has 0 atom stereocenters. The second-order valence-corrected chi connectivity index (χ2v) is 5.97. The fraction of sp³-hybridized carbons (Fsp3) is 0.118. The van der Waals surface area contributed by atoms with Crippen LogP contribution in [-0.4, -0.2) is 4.57 Å². The molecule has 0 radical (unpaired) electrons. The highest BCUT2D eigenvalue weighted by atomic mass is 35.5. The molecule has 0 spiro atoms. The Bertz CT molecular complexity index is 738. The third-order valence-electron chi connectivity index (χ3n) is 3.55. The van der Waals surface area contributed by atoms with E-state index < -0.39 is 0 Å². The average molecular weight is 354 g/mol. The number of aromatic nitrogens is 2. The molecule has 1 aromatic heterocycles. The third kappa shape index (κ3) is 3.54. The molecule has 23 heavy (non-hydrogen) atoms. The van der Waals surface area contributed by atoms with Gasteiger partial charge < -0.3 is 0 Å². The number of halogens is 4. The van der Waals surface area contributed by atoms with Crippen LogP contribution in [0.25, 0.3) is 0 Å². The minimum Gasteiger partial charge on any atom is -0.232 e. The first-order chi connectivity index (χ1) is 11.0. The van der Waals surface area contributed by atoms with E-state index in [1.54, 1.807) is 52.1 Å². The Kier molecular flexibility index (Phi) is 4.64. The summed E-state index contributed by atoms with van der Waals surface area (Å²) in [4.78, 5) is 0. The summed E-state index contributed by atoms with van der Waals surface area (Å²) in [6, 6.07) is 9.18. The van der Waals surface area contributed by atoms with E-state index in [4.69, 9.17) is 23.2 Å². The van der Waals surface area contributed by atoms with Crippen LogP contribution in [0.15, 0.2) is 55.1 Å². The van der Waals surface area contributed by atoms with E-state index in [-0.39, 0.29) is 11.6 Å². The van der Waals surface area contributed by atoms with Crippen LogP contribution >= 0.6 is 23.2 Å². The largest absolute Gasteiger partial charge is 0.244 e. The molecule has 3 aromatic rings. The van der Waals surface area contributed by atoms with Crippen LogP contribution in [0.5, 0.6) is 0 Å². The molecule has 0 N–H and O–H groups in total. The van der Waals surface area contributed by atoms with Crippen molar-refractivity contribution in [3.8, 4) is 0 Å². The van der Waals surface area contributed by atoms with Gasteiger partial charge in [0.1, 0.15) is 37.1 Å². The monoisotopic (exact) mass is 353 g/mol. The average Bonchev–Trinajstić information content (AvgIpc) is 2.95. The van der Waals surface area contributed by atoms with E-state index in [2.05, 4.69) is 0 Å². The maximum atomic E-state index is 13.8. The van der Waals surface area contributed by atoms with E-state index >= 15 is 0 Å². The van der Waals surface area contributed by atoms with E-state index in [1.807, 2.05) is 0 Å². The molecule has 0 unspecified atom stereocenters. The highest BCUT2D eigenvalue weighted by Gasteiger charge is 2.14. The zero-order chi connectivity index (χ0) is 16.4. The molecule has 3 rings (SSSR count). The first-order valence-corrected chi connectivity index (χ1v) is 7.71. The van der Waals surface area contributed by atoms with Crippen LogP contribution in [0.4, 0.5) is 8.78 Å². The van der Waals surface area contributed by atoms with Gasteiger partial charge in [0.15, 0.2) is 0 Å². The van der Waals surface area contributed by atoms with Crippen LogP contribution < -0.4 is 4.57 Å². The van der Waals surface area contributed by atoms with Gasteiger partial charge >= 0.3 is 0 Å². The Morgan fingerprint density at radius 2 is 1.52 bits per heavy atom. The zero-order valence-electron chi connectivity index (χ0n) is 12.0. The van der Waals surface area contributed by atoms with Gasteiger partial charge in [0.25, 0.3) is 0 Å². The van der Waals surface area contributed by atoms with Crippen LogP contribution in [0, 0.1) is 11.6 Å². The summed E-state index contributed by atoms with van der Waals surface area (Å²) in [5, 5.41) is 0.754. The number of imidazole rings is 1. The quantitative estimate of drug-likeness (QED) is 0.612. The summed E-state index contributed by atoms with van der Waals surface area (Å²) >= 11 is 12.1. The third-order valence-corrected chi connectivity index (χ3v) is 4.26. The van der Waals surface area contributed by atoms with Crippen molar-refractivity contribution >= 4 is 23.2 Å². The maximum Gasteiger partial charge on any atom is 0.244 e. The summed E-state index contributed by atoms with van der Waals surface area (Å²) in [6.07, 6.45) is 5.31. The van der Waals surface area contributed by atoms with Gasteiger partial charge in [0.2, 0.25) is 6.33 Å². The molecular formula is C17H13Cl2F2N2+. The second-order valence-electron chi connectivity index (χ2n) is 5.16. The van der Waals surface area contributed by atoms with Gasteiger partial charge in [-0.3, -0.25) is 0 Å². The van der Waals surface area contributed by atoms with E-state index in [9.17, 15) is 8.78 Å². The fourth-order valence-corrected chi connectivity index (χ4v) is 2.80. The molecule has 2 aromatic carbocycles. The van der Waals surface area contributed by atoms with Crippen LogP contribution in [0.1, 0.15) is 11.1 Å². The molecule has 0 saturated carbocycles. The minimum atomic E-state index is -0.352. The molecule has 118 valence electrons. The fourth-order valence-electron chi connectivity index (χ4n) is 2.36. The molecular weight excluding hydrogens is 341 g/mol. The molecule has 0 aliphatic rings. The summed E-state index contributed by atoms with van der Waals surface area (Å²) in [5.74, 6) is -0.704. The van der Waals surface area contributed by atoms with Crippen molar-refractivity contribution in [2.45, 2.75) is 13.1 Å². The van der Waals surface area contributed by atoms with Crippen molar-refractivity contribution in [1.29, 1.82) is 0 Å². The van der Waals surface area contributed by atoms with Crippen molar-refractivity contribution in [2.24, 2.45) is 0 Å². The minimum absolute atomic E-state index is 0.295. The molecule has 0 aliphatic carbocycles. The van der Waals surface area contributed by atoms with Crippen molar-refractivity contribution < 1.29 is 13.3 Å². The lowest BCUT2D eigenvalue weighted by Gasteiger charge is -2.04. The summed E-state index contributed by atoms with van der Waals surface area (Å²) in [7, 11) is 0.